The second kappa shape index (κ2) is 4.89. The summed E-state index contributed by atoms with van der Waals surface area (Å²) < 4.78 is 5.73. The quantitative estimate of drug-likeness (QED) is 0.881. The number of carbonyl (C=O) groups is 1. The smallest absolute Gasteiger partial charge is 0.265 e. The molecule has 1 unspecified atom stereocenters. The van der Waals surface area contributed by atoms with Crippen molar-refractivity contribution in [3.05, 3.63) is 53.6 Å². The zero-order valence-electron chi connectivity index (χ0n) is 11.1. The molecule has 1 aliphatic rings. The van der Waals surface area contributed by atoms with Crippen LogP contribution in [0.3, 0.4) is 0 Å². The van der Waals surface area contributed by atoms with Gasteiger partial charge in [-0.25, -0.2) is 0 Å². The molecule has 1 aliphatic heterocycles. The first-order valence-corrected chi connectivity index (χ1v) is 6.48. The summed E-state index contributed by atoms with van der Waals surface area (Å²) in [5.74, 6) is 0.498. The molecule has 0 spiro atoms. The number of phenols is 1. The zero-order chi connectivity index (χ0) is 14.1. The SMILES string of the molecule is Cc1ccccc1CC1Oc2ccc(O)cc2NC1=O. The number of aromatic hydroxyl groups is 1. The summed E-state index contributed by atoms with van der Waals surface area (Å²) in [6.07, 6.45) is -0.0214. The van der Waals surface area contributed by atoms with Gasteiger partial charge < -0.3 is 15.2 Å². The number of hydrogen-bond acceptors (Lipinski definition) is 3. The van der Waals surface area contributed by atoms with Crippen molar-refractivity contribution in [2.75, 3.05) is 5.32 Å². The maximum atomic E-state index is 12.1. The lowest BCUT2D eigenvalue weighted by Gasteiger charge is -2.26. The summed E-state index contributed by atoms with van der Waals surface area (Å²) in [6.45, 7) is 2.02. The molecular formula is C16H15NO3. The Labute approximate surface area is 117 Å². The van der Waals surface area contributed by atoms with E-state index in [1.54, 1.807) is 12.1 Å². The summed E-state index contributed by atoms with van der Waals surface area (Å²) in [6, 6.07) is 12.6. The molecule has 0 saturated carbocycles. The standard InChI is InChI=1S/C16H15NO3/c1-10-4-2-3-5-11(10)8-15-16(19)17-13-9-12(18)6-7-14(13)20-15/h2-7,9,15,18H,8H2,1H3,(H,17,19). The third-order valence-electron chi connectivity index (χ3n) is 3.45. The van der Waals surface area contributed by atoms with Crippen LogP contribution in [0.4, 0.5) is 5.69 Å². The van der Waals surface area contributed by atoms with E-state index in [9.17, 15) is 9.90 Å². The molecule has 1 heterocycles. The summed E-state index contributed by atoms with van der Waals surface area (Å²) in [4.78, 5) is 12.1. The van der Waals surface area contributed by atoms with Crippen LogP contribution in [0.5, 0.6) is 11.5 Å². The molecule has 2 aromatic carbocycles. The van der Waals surface area contributed by atoms with Gasteiger partial charge in [-0.2, -0.15) is 0 Å². The van der Waals surface area contributed by atoms with Crippen LogP contribution in [0.2, 0.25) is 0 Å². The minimum atomic E-state index is -0.548. The molecule has 0 bridgehead atoms. The first-order chi connectivity index (χ1) is 9.63. The molecule has 3 rings (SSSR count). The van der Waals surface area contributed by atoms with Gasteiger partial charge >= 0.3 is 0 Å². The molecule has 1 atom stereocenters. The van der Waals surface area contributed by atoms with Gasteiger partial charge in [-0.1, -0.05) is 24.3 Å². The summed E-state index contributed by atoms with van der Waals surface area (Å²) in [5.41, 5.74) is 2.74. The molecule has 1 amide bonds. The van der Waals surface area contributed by atoms with E-state index in [-0.39, 0.29) is 11.7 Å². The van der Waals surface area contributed by atoms with Gasteiger partial charge in [-0.15, -0.1) is 0 Å². The van der Waals surface area contributed by atoms with Crippen molar-refractivity contribution < 1.29 is 14.6 Å². The lowest BCUT2D eigenvalue weighted by molar-refractivity contribution is -0.123. The third-order valence-corrected chi connectivity index (χ3v) is 3.45. The van der Waals surface area contributed by atoms with E-state index in [1.807, 2.05) is 31.2 Å². The average molecular weight is 269 g/mol. The summed E-state index contributed by atoms with van der Waals surface area (Å²) in [7, 11) is 0. The van der Waals surface area contributed by atoms with E-state index >= 15 is 0 Å². The van der Waals surface area contributed by atoms with E-state index in [2.05, 4.69) is 5.32 Å². The predicted molar refractivity (Wildman–Crippen MR) is 76.0 cm³/mol. The van der Waals surface area contributed by atoms with E-state index in [1.165, 1.54) is 6.07 Å². The fraction of sp³-hybridized carbons (Fsp3) is 0.188. The number of ether oxygens (including phenoxy) is 1. The molecule has 0 fully saturated rings. The highest BCUT2D eigenvalue weighted by atomic mass is 16.5. The number of hydrogen-bond donors (Lipinski definition) is 2. The van der Waals surface area contributed by atoms with Crippen LogP contribution in [0.15, 0.2) is 42.5 Å². The fourth-order valence-electron chi connectivity index (χ4n) is 2.31. The van der Waals surface area contributed by atoms with Crippen molar-refractivity contribution in [3.8, 4) is 11.5 Å². The first-order valence-electron chi connectivity index (χ1n) is 6.48. The fourth-order valence-corrected chi connectivity index (χ4v) is 2.31. The molecule has 20 heavy (non-hydrogen) atoms. The Morgan fingerprint density at radius 2 is 2.05 bits per heavy atom. The Bertz CT molecular complexity index is 667. The number of anilines is 1. The van der Waals surface area contributed by atoms with Crippen LogP contribution in [0.25, 0.3) is 0 Å². The molecular weight excluding hydrogens is 254 g/mol. The number of phenolic OH excluding ortho intramolecular Hbond substituents is 1. The molecule has 102 valence electrons. The summed E-state index contributed by atoms with van der Waals surface area (Å²) >= 11 is 0. The van der Waals surface area contributed by atoms with Crippen molar-refractivity contribution in [2.45, 2.75) is 19.4 Å². The van der Waals surface area contributed by atoms with E-state index in [0.29, 0.717) is 17.9 Å². The van der Waals surface area contributed by atoms with Crippen LogP contribution in [-0.2, 0) is 11.2 Å². The van der Waals surface area contributed by atoms with Gasteiger partial charge in [0.25, 0.3) is 5.91 Å². The maximum absolute atomic E-state index is 12.1. The van der Waals surface area contributed by atoms with Gasteiger partial charge in [0.2, 0.25) is 0 Å². The van der Waals surface area contributed by atoms with Gasteiger partial charge in [-0.05, 0) is 30.2 Å². The molecule has 2 aromatic rings. The Balaban J connectivity index is 1.84. The van der Waals surface area contributed by atoms with Crippen LogP contribution < -0.4 is 10.1 Å². The van der Waals surface area contributed by atoms with Crippen molar-refractivity contribution in [3.63, 3.8) is 0 Å². The number of carbonyl (C=O) groups excluding carboxylic acids is 1. The predicted octanol–water partition coefficient (Wildman–Crippen LogP) is 2.64. The van der Waals surface area contributed by atoms with Crippen LogP contribution in [0.1, 0.15) is 11.1 Å². The Morgan fingerprint density at radius 1 is 1.25 bits per heavy atom. The maximum Gasteiger partial charge on any atom is 0.265 e. The number of aryl methyl sites for hydroxylation is 1. The van der Waals surface area contributed by atoms with E-state index in [0.717, 1.165) is 11.1 Å². The highest BCUT2D eigenvalue weighted by Gasteiger charge is 2.28. The monoisotopic (exact) mass is 269 g/mol. The molecule has 0 saturated heterocycles. The number of amides is 1. The molecule has 4 nitrogen and oxygen atoms in total. The largest absolute Gasteiger partial charge is 0.508 e. The molecule has 2 N–H and O–H groups in total. The van der Waals surface area contributed by atoms with Crippen molar-refractivity contribution >= 4 is 11.6 Å². The highest BCUT2D eigenvalue weighted by molar-refractivity contribution is 5.98. The zero-order valence-corrected chi connectivity index (χ0v) is 11.1. The average Bonchev–Trinajstić information content (AvgIpc) is 2.42. The van der Waals surface area contributed by atoms with Crippen LogP contribution in [-0.4, -0.2) is 17.1 Å². The van der Waals surface area contributed by atoms with Crippen LogP contribution in [0, 0.1) is 6.92 Å². The lowest BCUT2D eigenvalue weighted by atomic mass is 10.0. The van der Waals surface area contributed by atoms with Gasteiger partial charge in [-0.3, -0.25) is 4.79 Å². The third kappa shape index (κ3) is 2.32. The molecule has 4 heteroatoms. The van der Waals surface area contributed by atoms with E-state index in [4.69, 9.17) is 4.74 Å². The first kappa shape index (κ1) is 12.5. The number of fused-ring (bicyclic) bond motifs is 1. The molecule has 0 aromatic heterocycles. The van der Waals surface area contributed by atoms with E-state index < -0.39 is 6.10 Å². The number of nitrogens with one attached hydrogen (secondary N) is 1. The minimum absolute atomic E-state index is 0.102. The topological polar surface area (TPSA) is 58.6 Å². The Morgan fingerprint density at radius 3 is 2.85 bits per heavy atom. The van der Waals surface area contributed by atoms with Gasteiger partial charge in [0.15, 0.2) is 6.10 Å². The molecule has 0 aliphatic carbocycles. The number of benzene rings is 2. The van der Waals surface area contributed by atoms with Crippen molar-refractivity contribution in [2.24, 2.45) is 0 Å². The Hall–Kier alpha value is -2.49. The Kier molecular flexibility index (Phi) is 3.06. The lowest BCUT2D eigenvalue weighted by Crippen LogP contribution is -2.38. The van der Waals surface area contributed by atoms with Gasteiger partial charge in [0.05, 0.1) is 5.69 Å². The van der Waals surface area contributed by atoms with Crippen molar-refractivity contribution in [1.29, 1.82) is 0 Å². The number of rotatable bonds is 2. The van der Waals surface area contributed by atoms with Gasteiger partial charge in [0, 0.05) is 12.5 Å². The summed E-state index contributed by atoms with van der Waals surface area (Å²) in [5, 5.41) is 12.2. The highest BCUT2D eigenvalue weighted by Crippen LogP contribution is 2.33. The van der Waals surface area contributed by atoms with Crippen LogP contribution >= 0.6 is 0 Å². The molecule has 0 radical (unpaired) electrons. The second-order valence-corrected chi connectivity index (χ2v) is 4.91. The van der Waals surface area contributed by atoms with Crippen molar-refractivity contribution in [1.82, 2.24) is 0 Å². The minimum Gasteiger partial charge on any atom is -0.508 e. The second-order valence-electron chi connectivity index (χ2n) is 4.91. The van der Waals surface area contributed by atoms with Gasteiger partial charge in [0.1, 0.15) is 11.5 Å². The normalized spacial score (nSPS) is 17.1.